The summed E-state index contributed by atoms with van der Waals surface area (Å²) in [4.78, 5) is 0. The first-order chi connectivity index (χ1) is 7.56. The molecule has 2 rings (SSSR count). The molecule has 0 fully saturated rings. The third-order valence-corrected chi connectivity index (χ3v) is 3.01. The average molecular weight is 284 g/mol. The van der Waals surface area contributed by atoms with Crippen molar-refractivity contribution in [2.75, 3.05) is 5.73 Å². The molecule has 0 aliphatic rings. The number of aromatic nitrogens is 2. The van der Waals surface area contributed by atoms with Gasteiger partial charge in [0.2, 0.25) is 0 Å². The van der Waals surface area contributed by atoms with Crippen molar-refractivity contribution in [3.63, 3.8) is 0 Å². The SMILES string of the molecule is Cc1cc(N)n(Cc2ccc(F)cc2Br)n1. The molecule has 1 aromatic heterocycles. The van der Waals surface area contributed by atoms with E-state index in [4.69, 9.17) is 5.73 Å². The van der Waals surface area contributed by atoms with Gasteiger partial charge in [-0.15, -0.1) is 0 Å². The number of hydrogen-bond donors (Lipinski definition) is 1. The Morgan fingerprint density at radius 3 is 2.75 bits per heavy atom. The lowest BCUT2D eigenvalue weighted by molar-refractivity contribution is 0.623. The first-order valence-corrected chi connectivity index (χ1v) is 5.59. The topological polar surface area (TPSA) is 43.8 Å². The molecule has 2 aromatic rings. The van der Waals surface area contributed by atoms with E-state index in [1.54, 1.807) is 16.8 Å². The van der Waals surface area contributed by atoms with E-state index in [0.717, 1.165) is 15.7 Å². The van der Waals surface area contributed by atoms with E-state index in [9.17, 15) is 4.39 Å². The molecule has 0 bridgehead atoms. The van der Waals surface area contributed by atoms with Gasteiger partial charge in [-0.05, 0) is 24.6 Å². The fourth-order valence-electron chi connectivity index (χ4n) is 1.50. The van der Waals surface area contributed by atoms with E-state index in [2.05, 4.69) is 21.0 Å². The number of anilines is 1. The van der Waals surface area contributed by atoms with Crippen molar-refractivity contribution >= 4 is 21.7 Å². The van der Waals surface area contributed by atoms with Gasteiger partial charge in [-0.2, -0.15) is 5.10 Å². The van der Waals surface area contributed by atoms with Crippen LogP contribution in [0.15, 0.2) is 28.7 Å². The van der Waals surface area contributed by atoms with Gasteiger partial charge < -0.3 is 5.73 Å². The molecule has 2 N–H and O–H groups in total. The minimum atomic E-state index is -0.264. The van der Waals surface area contributed by atoms with Crippen LogP contribution in [-0.2, 0) is 6.54 Å². The monoisotopic (exact) mass is 283 g/mol. The number of nitrogen functional groups attached to an aromatic ring is 1. The molecule has 0 amide bonds. The molecule has 3 nitrogen and oxygen atoms in total. The van der Waals surface area contributed by atoms with Crippen LogP contribution < -0.4 is 5.73 Å². The standard InChI is InChI=1S/C11H11BrFN3/c1-7-4-11(14)16(15-7)6-8-2-3-9(13)5-10(8)12/h2-5H,6,14H2,1H3. The Labute approximate surface area is 101 Å². The van der Waals surface area contributed by atoms with Crippen LogP contribution in [0.3, 0.4) is 0 Å². The molecule has 16 heavy (non-hydrogen) atoms. The van der Waals surface area contributed by atoms with Crippen LogP contribution in [0, 0.1) is 12.7 Å². The van der Waals surface area contributed by atoms with Gasteiger partial charge in [0.25, 0.3) is 0 Å². The molecule has 0 radical (unpaired) electrons. The molecule has 0 atom stereocenters. The van der Waals surface area contributed by atoms with Crippen LogP contribution in [0.2, 0.25) is 0 Å². The molecule has 0 aliphatic carbocycles. The van der Waals surface area contributed by atoms with Crippen LogP contribution in [0.1, 0.15) is 11.3 Å². The van der Waals surface area contributed by atoms with E-state index in [1.165, 1.54) is 12.1 Å². The maximum absolute atomic E-state index is 12.9. The number of benzene rings is 1. The van der Waals surface area contributed by atoms with Gasteiger partial charge in [0.05, 0.1) is 12.2 Å². The van der Waals surface area contributed by atoms with Crippen LogP contribution in [0.25, 0.3) is 0 Å². The van der Waals surface area contributed by atoms with Gasteiger partial charge >= 0.3 is 0 Å². The first kappa shape index (κ1) is 11.1. The van der Waals surface area contributed by atoms with Crippen molar-refractivity contribution in [3.8, 4) is 0 Å². The van der Waals surface area contributed by atoms with E-state index >= 15 is 0 Å². The van der Waals surface area contributed by atoms with E-state index < -0.39 is 0 Å². The fourth-order valence-corrected chi connectivity index (χ4v) is 1.98. The highest BCUT2D eigenvalue weighted by atomic mass is 79.9. The normalized spacial score (nSPS) is 10.7. The summed E-state index contributed by atoms with van der Waals surface area (Å²) in [5.74, 6) is 0.342. The highest BCUT2D eigenvalue weighted by Crippen LogP contribution is 2.20. The molecular weight excluding hydrogens is 273 g/mol. The molecule has 0 saturated heterocycles. The van der Waals surface area contributed by atoms with Gasteiger partial charge in [-0.25, -0.2) is 9.07 Å². The number of rotatable bonds is 2. The summed E-state index contributed by atoms with van der Waals surface area (Å²) in [6.07, 6.45) is 0. The lowest BCUT2D eigenvalue weighted by atomic mass is 10.2. The van der Waals surface area contributed by atoms with Crippen molar-refractivity contribution < 1.29 is 4.39 Å². The molecule has 1 aromatic carbocycles. The second-order valence-corrected chi connectivity index (χ2v) is 4.46. The Morgan fingerprint density at radius 1 is 1.44 bits per heavy atom. The third-order valence-electron chi connectivity index (χ3n) is 2.27. The summed E-state index contributed by atoms with van der Waals surface area (Å²) in [6.45, 7) is 2.41. The zero-order chi connectivity index (χ0) is 11.7. The minimum Gasteiger partial charge on any atom is -0.384 e. The van der Waals surface area contributed by atoms with Crippen molar-refractivity contribution in [3.05, 3.63) is 45.8 Å². The van der Waals surface area contributed by atoms with E-state index in [0.29, 0.717) is 12.4 Å². The molecule has 84 valence electrons. The summed E-state index contributed by atoms with van der Waals surface area (Å²) in [5.41, 5.74) is 7.59. The van der Waals surface area contributed by atoms with E-state index in [1.807, 2.05) is 6.92 Å². The second kappa shape index (κ2) is 4.25. The number of halogens is 2. The largest absolute Gasteiger partial charge is 0.384 e. The zero-order valence-electron chi connectivity index (χ0n) is 8.74. The lowest BCUT2D eigenvalue weighted by Gasteiger charge is -2.06. The zero-order valence-corrected chi connectivity index (χ0v) is 10.3. The van der Waals surface area contributed by atoms with Gasteiger partial charge in [-0.1, -0.05) is 22.0 Å². The number of nitrogens with two attached hydrogens (primary N) is 1. The van der Waals surface area contributed by atoms with Gasteiger partial charge in [0, 0.05) is 10.5 Å². The minimum absolute atomic E-state index is 0.264. The smallest absolute Gasteiger partial charge is 0.124 e. The Balaban J connectivity index is 2.30. The summed E-state index contributed by atoms with van der Waals surface area (Å²) in [6, 6.07) is 6.38. The molecular formula is C11H11BrFN3. The lowest BCUT2D eigenvalue weighted by Crippen LogP contribution is -2.06. The highest BCUT2D eigenvalue weighted by molar-refractivity contribution is 9.10. The van der Waals surface area contributed by atoms with Crippen LogP contribution in [0.4, 0.5) is 10.2 Å². The highest BCUT2D eigenvalue weighted by Gasteiger charge is 2.06. The maximum atomic E-state index is 12.9. The Hall–Kier alpha value is -1.36. The second-order valence-electron chi connectivity index (χ2n) is 3.60. The Bertz CT molecular complexity index is 522. The van der Waals surface area contributed by atoms with Crippen LogP contribution >= 0.6 is 15.9 Å². The maximum Gasteiger partial charge on any atom is 0.124 e. The quantitative estimate of drug-likeness (QED) is 0.921. The number of hydrogen-bond acceptors (Lipinski definition) is 2. The fraction of sp³-hybridized carbons (Fsp3) is 0.182. The Kier molecular flexibility index (Phi) is 2.96. The summed E-state index contributed by atoms with van der Waals surface area (Å²) in [7, 11) is 0. The van der Waals surface area contributed by atoms with Gasteiger partial charge in [-0.3, -0.25) is 0 Å². The molecule has 0 saturated carbocycles. The van der Waals surface area contributed by atoms with Crippen molar-refractivity contribution in [1.82, 2.24) is 9.78 Å². The summed E-state index contributed by atoms with van der Waals surface area (Å²) < 4.78 is 15.3. The molecule has 0 aliphatic heterocycles. The van der Waals surface area contributed by atoms with Crippen molar-refractivity contribution in [2.24, 2.45) is 0 Å². The number of aryl methyl sites for hydroxylation is 1. The first-order valence-electron chi connectivity index (χ1n) is 4.80. The molecule has 0 spiro atoms. The van der Waals surface area contributed by atoms with Crippen molar-refractivity contribution in [1.29, 1.82) is 0 Å². The predicted octanol–water partition coefficient (Wildman–Crippen LogP) is 2.72. The molecule has 1 heterocycles. The summed E-state index contributed by atoms with van der Waals surface area (Å²) >= 11 is 3.31. The molecule has 0 unspecified atom stereocenters. The van der Waals surface area contributed by atoms with Crippen molar-refractivity contribution in [2.45, 2.75) is 13.5 Å². The van der Waals surface area contributed by atoms with Crippen LogP contribution in [0.5, 0.6) is 0 Å². The predicted molar refractivity (Wildman–Crippen MR) is 64.6 cm³/mol. The van der Waals surface area contributed by atoms with Gasteiger partial charge in [0.1, 0.15) is 11.6 Å². The average Bonchev–Trinajstić information content (AvgIpc) is 2.50. The third kappa shape index (κ3) is 2.24. The molecule has 5 heteroatoms. The summed E-state index contributed by atoms with van der Waals surface area (Å²) in [5, 5.41) is 4.25. The Morgan fingerprint density at radius 2 is 2.19 bits per heavy atom. The van der Waals surface area contributed by atoms with Gasteiger partial charge in [0.15, 0.2) is 0 Å². The van der Waals surface area contributed by atoms with E-state index in [-0.39, 0.29) is 5.82 Å². The number of nitrogens with zero attached hydrogens (tertiary/aromatic N) is 2. The van der Waals surface area contributed by atoms with Crippen LogP contribution in [-0.4, -0.2) is 9.78 Å².